The normalized spacial score (nSPS) is 16.2. The molecular weight excluding hydrogens is 130 g/mol. The van der Waals surface area contributed by atoms with Crippen molar-refractivity contribution in [2.75, 3.05) is 18.8 Å². The van der Waals surface area contributed by atoms with Crippen LogP contribution in [0.2, 0.25) is 0 Å². The largest absolute Gasteiger partial charge is 0.275 e. The zero-order valence-corrected chi connectivity index (χ0v) is 6.48. The quantitative estimate of drug-likeness (QED) is 0.527. The molecule has 0 N–H and O–H groups in total. The third-order valence-electron chi connectivity index (χ3n) is 1.08. The van der Waals surface area contributed by atoms with Crippen LogP contribution in [0.3, 0.4) is 0 Å². The van der Waals surface area contributed by atoms with Gasteiger partial charge in [0, 0.05) is 6.92 Å². The highest BCUT2D eigenvalue weighted by Gasteiger charge is 2.32. The van der Waals surface area contributed by atoms with Crippen LogP contribution in [0, 0.1) is 0 Å². The van der Waals surface area contributed by atoms with E-state index in [9.17, 15) is 8.78 Å². The molecule has 0 aliphatic heterocycles. The van der Waals surface area contributed by atoms with Crippen molar-refractivity contribution >= 4 is 10.0 Å². The highest BCUT2D eigenvalue weighted by molar-refractivity contribution is 8.32. The van der Waals surface area contributed by atoms with Gasteiger partial charge in [-0.1, -0.05) is 0 Å². The van der Waals surface area contributed by atoms with Crippen molar-refractivity contribution < 1.29 is 8.78 Å². The molecule has 0 unspecified atom stereocenters. The first-order chi connectivity index (χ1) is 3.25. The van der Waals surface area contributed by atoms with Crippen LogP contribution in [0.15, 0.2) is 0 Å². The minimum Gasteiger partial charge on any atom is -0.196 e. The topological polar surface area (TPSA) is 0 Å². The molecule has 0 nitrogen and oxygen atoms in total. The van der Waals surface area contributed by atoms with Gasteiger partial charge in [-0.25, -0.2) is 0 Å². The predicted molar refractivity (Wildman–Crippen MR) is 36.0 cm³/mol. The molecule has 0 saturated heterocycles. The molecule has 0 aromatic rings. The molecule has 8 heavy (non-hydrogen) atoms. The Kier molecular flexibility index (Phi) is 1.91. The molecule has 3 heteroatoms. The first-order valence-electron chi connectivity index (χ1n) is 2.31. The van der Waals surface area contributed by atoms with Crippen LogP contribution in [-0.4, -0.2) is 24.0 Å². The minimum atomic E-state index is -2.48. The Balaban J connectivity index is 4.02. The van der Waals surface area contributed by atoms with Crippen molar-refractivity contribution in [3.05, 3.63) is 0 Å². The molecule has 0 amide bonds. The summed E-state index contributed by atoms with van der Waals surface area (Å²) in [4.78, 5) is 0. The average Bonchev–Trinajstić information content (AvgIpc) is 1.25. The van der Waals surface area contributed by atoms with Gasteiger partial charge in [0.2, 0.25) is 0 Å². The lowest BCUT2D eigenvalue weighted by Gasteiger charge is -2.32. The van der Waals surface area contributed by atoms with Crippen molar-refractivity contribution in [3.63, 3.8) is 0 Å². The minimum absolute atomic E-state index is 0.975. The Hall–Kier alpha value is 0.210. The maximum Gasteiger partial charge on any atom is 0.275 e. The molecule has 0 bridgehead atoms. The second-order valence-electron chi connectivity index (χ2n) is 2.64. The van der Waals surface area contributed by atoms with Gasteiger partial charge in [-0.2, -0.15) is 18.8 Å². The van der Waals surface area contributed by atoms with Gasteiger partial charge in [-0.3, -0.25) is 0 Å². The molecule has 0 aromatic carbocycles. The number of hydrogen-bond acceptors (Lipinski definition) is 0. The highest BCUT2D eigenvalue weighted by atomic mass is 32.3. The molecule has 0 spiro atoms. The van der Waals surface area contributed by atoms with Gasteiger partial charge in [0.15, 0.2) is 0 Å². The first-order valence-corrected chi connectivity index (χ1v) is 5.16. The smallest absolute Gasteiger partial charge is 0.196 e. The summed E-state index contributed by atoms with van der Waals surface area (Å²) in [6.07, 6.45) is 4.81. The van der Waals surface area contributed by atoms with Crippen LogP contribution in [0.1, 0.15) is 6.92 Å². The van der Waals surface area contributed by atoms with E-state index in [-0.39, 0.29) is 0 Å². The second-order valence-corrected chi connectivity index (χ2v) is 7.04. The van der Waals surface area contributed by atoms with Gasteiger partial charge in [-0.15, -0.1) is 0 Å². The molecule has 0 radical (unpaired) electrons. The van der Waals surface area contributed by atoms with Gasteiger partial charge in [-0.05, 0) is 18.8 Å². The van der Waals surface area contributed by atoms with Gasteiger partial charge >= 0.3 is 0 Å². The summed E-state index contributed by atoms with van der Waals surface area (Å²) in [5.74, 6) is 0. The zero-order chi connectivity index (χ0) is 7.00. The summed E-state index contributed by atoms with van der Waals surface area (Å²) in [6, 6.07) is 0. The fraction of sp³-hybridized carbons (Fsp3) is 1.00. The lowest BCUT2D eigenvalue weighted by Crippen LogP contribution is -2.17. The fourth-order valence-corrected chi connectivity index (χ4v) is 0. The van der Waals surface area contributed by atoms with E-state index < -0.39 is 15.3 Å². The first kappa shape index (κ1) is 8.21. The van der Waals surface area contributed by atoms with Gasteiger partial charge in [0.1, 0.15) is 0 Å². The summed E-state index contributed by atoms with van der Waals surface area (Å²) in [6.45, 7) is 0.975. The lowest BCUT2D eigenvalue weighted by atomic mass is 10.9. The zero-order valence-electron chi connectivity index (χ0n) is 5.66. The summed E-state index contributed by atoms with van der Waals surface area (Å²) in [5, 5.41) is -2.48. The van der Waals surface area contributed by atoms with Crippen LogP contribution < -0.4 is 0 Å². The van der Waals surface area contributed by atoms with E-state index in [1.165, 1.54) is 0 Å². The highest BCUT2D eigenvalue weighted by Crippen LogP contribution is 2.51. The van der Waals surface area contributed by atoms with Crippen LogP contribution >= 0.6 is 10.0 Å². The molecule has 0 rings (SSSR count). The van der Waals surface area contributed by atoms with Crippen molar-refractivity contribution in [1.29, 1.82) is 0 Å². The van der Waals surface area contributed by atoms with Crippen LogP contribution in [0.5, 0.6) is 0 Å². The molecule has 0 fully saturated rings. The van der Waals surface area contributed by atoms with Crippen LogP contribution in [-0.2, 0) is 0 Å². The van der Waals surface area contributed by atoms with E-state index in [4.69, 9.17) is 0 Å². The van der Waals surface area contributed by atoms with E-state index >= 15 is 0 Å². The average molecular weight is 142 g/mol. The van der Waals surface area contributed by atoms with Gasteiger partial charge in [0.25, 0.3) is 5.25 Å². The maximum absolute atomic E-state index is 12.3. The molecule has 0 aromatic heterocycles. The molecule has 0 aliphatic carbocycles. The molecule has 0 heterocycles. The monoisotopic (exact) mass is 142 g/mol. The Labute approximate surface area is 50.6 Å². The Morgan fingerprint density at radius 1 is 1.12 bits per heavy atom. The van der Waals surface area contributed by atoms with Crippen molar-refractivity contribution in [2.24, 2.45) is 0 Å². The molecular formula is C5H12F2S. The second kappa shape index (κ2) is 1.87. The van der Waals surface area contributed by atoms with Crippen molar-refractivity contribution in [2.45, 2.75) is 12.2 Å². The predicted octanol–water partition coefficient (Wildman–Crippen LogP) is 2.29. The maximum atomic E-state index is 12.3. The number of halogens is 2. The summed E-state index contributed by atoms with van der Waals surface area (Å²) in [7, 11) is -1.67. The van der Waals surface area contributed by atoms with Crippen molar-refractivity contribution in [3.8, 4) is 0 Å². The SMILES string of the molecule is CC(F)(F)S(C)(C)C. The summed E-state index contributed by atoms with van der Waals surface area (Å²) in [5.41, 5.74) is 0. The summed E-state index contributed by atoms with van der Waals surface area (Å²) >= 11 is 0. The van der Waals surface area contributed by atoms with Crippen LogP contribution in [0.4, 0.5) is 8.78 Å². The third-order valence-corrected chi connectivity index (χ3v) is 3.23. The van der Waals surface area contributed by atoms with E-state index in [1.807, 2.05) is 0 Å². The van der Waals surface area contributed by atoms with Crippen molar-refractivity contribution in [1.82, 2.24) is 0 Å². The molecule has 52 valence electrons. The van der Waals surface area contributed by atoms with E-state index in [1.54, 1.807) is 18.8 Å². The third kappa shape index (κ3) is 1.99. The number of hydrogen-bond donors (Lipinski definition) is 0. The standard InChI is InChI=1S/C5H12F2S/c1-5(6,7)8(2,3)4/h1-4H3. The van der Waals surface area contributed by atoms with E-state index in [0.29, 0.717) is 0 Å². The molecule has 0 atom stereocenters. The van der Waals surface area contributed by atoms with Gasteiger partial charge < -0.3 is 0 Å². The number of rotatable bonds is 1. The molecule has 0 aliphatic rings. The van der Waals surface area contributed by atoms with Gasteiger partial charge in [0.05, 0.1) is 0 Å². The summed E-state index contributed by atoms with van der Waals surface area (Å²) < 4.78 is 24.5. The van der Waals surface area contributed by atoms with Crippen LogP contribution in [0.25, 0.3) is 0 Å². The Bertz CT molecular complexity index is 65.4. The molecule has 0 saturated carbocycles. The lowest BCUT2D eigenvalue weighted by molar-refractivity contribution is 0.124. The fourth-order valence-electron chi connectivity index (χ4n) is 0. The number of alkyl halides is 2. The van der Waals surface area contributed by atoms with E-state index in [0.717, 1.165) is 6.92 Å². The van der Waals surface area contributed by atoms with E-state index in [2.05, 4.69) is 0 Å². The Morgan fingerprint density at radius 2 is 1.25 bits per heavy atom. The Morgan fingerprint density at radius 3 is 1.25 bits per heavy atom.